The minimum absolute atomic E-state index is 0.0303. The minimum Gasteiger partial charge on any atom is -0.296 e. The fraction of sp³-hybridized carbons (Fsp3) is 0.357. The van der Waals surface area contributed by atoms with Crippen LogP contribution < -0.4 is 10.0 Å². The van der Waals surface area contributed by atoms with Crippen molar-refractivity contribution in [3.05, 3.63) is 33.8 Å². The van der Waals surface area contributed by atoms with Crippen LogP contribution in [0.1, 0.15) is 36.1 Å². The first-order valence-electron chi connectivity index (χ1n) is 7.18. The van der Waals surface area contributed by atoms with E-state index in [0.717, 1.165) is 5.01 Å². The van der Waals surface area contributed by atoms with Gasteiger partial charge in [0.2, 0.25) is 15.2 Å². The molecule has 24 heavy (non-hydrogen) atoms. The molecule has 2 rings (SSSR count). The second kappa shape index (κ2) is 7.56. The van der Waals surface area contributed by atoms with Crippen LogP contribution in [-0.4, -0.2) is 30.6 Å². The van der Waals surface area contributed by atoms with E-state index >= 15 is 0 Å². The van der Waals surface area contributed by atoms with Gasteiger partial charge in [-0.15, -0.1) is 10.2 Å². The summed E-state index contributed by atoms with van der Waals surface area (Å²) in [5, 5.41) is 11.6. The number of aromatic nitrogens is 2. The Balaban J connectivity index is 2.29. The molecular weight excluding hydrogens is 372 g/mol. The number of aryl methyl sites for hydroxylation is 1. The second-order valence-corrected chi connectivity index (χ2v) is 8.41. The standard InChI is InChI=1S/C14H17ClN4O3S2/c1-4-12-17-18-14(23-12)16-13(20)10-7-9(5-6-11(10)15)24(21,22)19-8(2)3/h5-8,19H,4H2,1-3H3,(H,16,18,20). The molecule has 1 aromatic carbocycles. The van der Waals surface area contributed by atoms with Gasteiger partial charge in [-0.2, -0.15) is 0 Å². The van der Waals surface area contributed by atoms with Crippen molar-refractivity contribution in [2.24, 2.45) is 0 Å². The molecule has 0 atom stereocenters. The van der Waals surface area contributed by atoms with Gasteiger partial charge in [-0.1, -0.05) is 29.9 Å². The average Bonchev–Trinajstić information content (AvgIpc) is 2.93. The molecule has 1 heterocycles. The van der Waals surface area contributed by atoms with E-state index in [1.165, 1.54) is 29.5 Å². The number of rotatable bonds is 6. The van der Waals surface area contributed by atoms with Gasteiger partial charge in [-0.25, -0.2) is 13.1 Å². The molecule has 0 aliphatic carbocycles. The van der Waals surface area contributed by atoms with Crippen molar-refractivity contribution >= 4 is 44.0 Å². The Bertz CT molecular complexity index is 849. The smallest absolute Gasteiger partial charge is 0.259 e. The predicted molar refractivity (Wildman–Crippen MR) is 94.1 cm³/mol. The van der Waals surface area contributed by atoms with Crippen LogP contribution in [0.3, 0.4) is 0 Å². The Morgan fingerprint density at radius 1 is 1.33 bits per heavy atom. The van der Waals surface area contributed by atoms with Crippen molar-refractivity contribution in [2.45, 2.75) is 38.1 Å². The fourth-order valence-electron chi connectivity index (χ4n) is 1.84. The van der Waals surface area contributed by atoms with Gasteiger partial charge in [-0.05, 0) is 38.5 Å². The van der Waals surface area contributed by atoms with Crippen molar-refractivity contribution in [3.63, 3.8) is 0 Å². The molecule has 0 aliphatic rings. The minimum atomic E-state index is -3.72. The lowest BCUT2D eigenvalue weighted by molar-refractivity contribution is 0.102. The zero-order valence-electron chi connectivity index (χ0n) is 13.3. The van der Waals surface area contributed by atoms with E-state index in [1.807, 2.05) is 6.92 Å². The number of hydrogen-bond donors (Lipinski definition) is 2. The van der Waals surface area contributed by atoms with Crippen LogP contribution in [-0.2, 0) is 16.4 Å². The number of amides is 1. The molecule has 130 valence electrons. The number of hydrogen-bond acceptors (Lipinski definition) is 6. The number of carbonyl (C=O) groups excluding carboxylic acids is 1. The molecule has 0 aliphatic heterocycles. The summed E-state index contributed by atoms with van der Waals surface area (Å²) in [6.07, 6.45) is 0.711. The van der Waals surface area contributed by atoms with E-state index < -0.39 is 15.9 Å². The normalized spacial score (nSPS) is 11.7. The van der Waals surface area contributed by atoms with Crippen molar-refractivity contribution in [1.82, 2.24) is 14.9 Å². The third kappa shape index (κ3) is 4.50. The average molecular weight is 389 g/mol. The lowest BCUT2D eigenvalue weighted by Crippen LogP contribution is -2.30. The van der Waals surface area contributed by atoms with Gasteiger partial charge in [0.25, 0.3) is 5.91 Å². The van der Waals surface area contributed by atoms with Crippen LogP contribution >= 0.6 is 22.9 Å². The molecule has 1 aromatic heterocycles. The molecule has 2 N–H and O–H groups in total. The van der Waals surface area contributed by atoms with E-state index in [4.69, 9.17) is 11.6 Å². The number of anilines is 1. The van der Waals surface area contributed by atoms with Crippen molar-refractivity contribution in [3.8, 4) is 0 Å². The quantitative estimate of drug-likeness (QED) is 0.792. The first-order chi connectivity index (χ1) is 11.2. The highest BCUT2D eigenvalue weighted by atomic mass is 35.5. The largest absolute Gasteiger partial charge is 0.296 e. The van der Waals surface area contributed by atoms with Crippen LogP contribution in [0.25, 0.3) is 0 Å². The Labute approximate surface area is 149 Å². The SMILES string of the molecule is CCc1nnc(NC(=O)c2cc(S(=O)(=O)NC(C)C)ccc2Cl)s1. The Kier molecular flexibility index (Phi) is 5.92. The van der Waals surface area contributed by atoms with Crippen molar-refractivity contribution in [2.75, 3.05) is 5.32 Å². The molecule has 0 unspecified atom stereocenters. The number of nitrogens with zero attached hydrogens (tertiary/aromatic N) is 2. The first kappa shape index (κ1) is 18.8. The lowest BCUT2D eigenvalue weighted by atomic mass is 10.2. The van der Waals surface area contributed by atoms with Crippen LogP contribution in [0.4, 0.5) is 5.13 Å². The maximum atomic E-state index is 12.4. The van der Waals surface area contributed by atoms with Gasteiger partial charge in [0.15, 0.2) is 0 Å². The maximum Gasteiger partial charge on any atom is 0.259 e. The molecule has 0 spiro atoms. The summed E-state index contributed by atoms with van der Waals surface area (Å²) in [5.41, 5.74) is 0.0524. The topological polar surface area (TPSA) is 101 Å². The molecule has 0 saturated carbocycles. The Hall–Kier alpha value is -1.55. The van der Waals surface area contributed by atoms with Gasteiger partial charge in [0, 0.05) is 6.04 Å². The molecule has 0 bridgehead atoms. The van der Waals surface area contributed by atoms with Crippen LogP contribution in [0.15, 0.2) is 23.1 Å². The van der Waals surface area contributed by atoms with E-state index in [-0.39, 0.29) is 21.5 Å². The van der Waals surface area contributed by atoms with Crippen molar-refractivity contribution < 1.29 is 13.2 Å². The Morgan fingerprint density at radius 3 is 2.62 bits per heavy atom. The van der Waals surface area contributed by atoms with E-state index in [2.05, 4.69) is 20.2 Å². The van der Waals surface area contributed by atoms with Gasteiger partial charge in [0.1, 0.15) is 5.01 Å². The highest BCUT2D eigenvalue weighted by Crippen LogP contribution is 2.23. The summed E-state index contributed by atoms with van der Waals surface area (Å²) in [7, 11) is -3.72. The summed E-state index contributed by atoms with van der Waals surface area (Å²) in [5.74, 6) is -0.541. The third-order valence-corrected chi connectivity index (χ3v) is 5.84. The van der Waals surface area contributed by atoms with E-state index in [9.17, 15) is 13.2 Å². The zero-order chi connectivity index (χ0) is 17.9. The number of nitrogens with one attached hydrogen (secondary N) is 2. The number of benzene rings is 1. The van der Waals surface area contributed by atoms with Gasteiger partial charge in [-0.3, -0.25) is 10.1 Å². The van der Waals surface area contributed by atoms with Gasteiger partial charge < -0.3 is 0 Å². The molecule has 1 amide bonds. The lowest BCUT2D eigenvalue weighted by Gasteiger charge is -2.11. The molecule has 0 radical (unpaired) electrons. The second-order valence-electron chi connectivity index (χ2n) is 5.23. The maximum absolute atomic E-state index is 12.4. The highest BCUT2D eigenvalue weighted by molar-refractivity contribution is 7.89. The van der Waals surface area contributed by atoms with E-state index in [0.29, 0.717) is 11.6 Å². The van der Waals surface area contributed by atoms with Crippen molar-refractivity contribution in [1.29, 1.82) is 0 Å². The summed E-state index contributed by atoms with van der Waals surface area (Å²) in [4.78, 5) is 12.3. The Morgan fingerprint density at radius 2 is 2.04 bits per heavy atom. The highest BCUT2D eigenvalue weighted by Gasteiger charge is 2.20. The summed E-state index contributed by atoms with van der Waals surface area (Å²) >= 11 is 7.29. The van der Waals surface area contributed by atoms with Crippen LogP contribution in [0.5, 0.6) is 0 Å². The molecule has 2 aromatic rings. The molecule has 0 fully saturated rings. The summed E-state index contributed by atoms with van der Waals surface area (Å²) in [6.45, 7) is 5.35. The molecule has 10 heteroatoms. The fourth-order valence-corrected chi connectivity index (χ4v) is 3.99. The van der Waals surface area contributed by atoms with Crippen LogP contribution in [0.2, 0.25) is 5.02 Å². The monoisotopic (exact) mass is 388 g/mol. The summed E-state index contributed by atoms with van der Waals surface area (Å²) in [6, 6.07) is 3.70. The number of carbonyl (C=O) groups is 1. The van der Waals surface area contributed by atoms with Gasteiger partial charge in [0.05, 0.1) is 15.5 Å². The molecular formula is C14H17ClN4O3S2. The van der Waals surface area contributed by atoms with Crippen LogP contribution in [0, 0.1) is 0 Å². The number of sulfonamides is 1. The van der Waals surface area contributed by atoms with Gasteiger partial charge >= 0.3 is 0 Å². The van der Waals surface area contributed by atoms with E-state index in [1.54, 1.807) is 13.8 Å². The summed E-state index contributed by atoms with van der Waals surface area (Å²) < 4.78 is 26.9. The molecule has 7 nitrogen and oxygen atoms in total. The predicted octanol–water partition coefficient (Wildman–Crippen LogP) is 2.69. The zero-order valence-corrected chi connectivity index (χ0v) is 15.7. The molecule has 0 saturated heterocycles. The first-order valence-corrected chi connectivity index (χ1v) is 9.86. The number of halogens is 1. The third-order valence-electron chi connectivity index (χ3n) is 2.87.